The van der Waals surface area contributed by atoms with Crippen LogP contribution in [-0.4, -0.2) is 29.3 Å². The van der Waals surface area contributed by atoms with Crippen molar-refractivity contribution in [3.63, 3.8) is 0 Å². The molecule has 1 aliphatic heterocycles. The highest BCUT2D eigenvalue weighted by atomic mass is 32.1. The van der Waals surface area contributed by atoms with Crippen molar-refractivity contribution < 1.29 is 23.2 Å². The van der Waals surface area contributed by atoms with Gasteiger partial charge in [-0.1, -0.05) is 5.16 Å². The lowest BCUT2D eigenvalue weighted by Crippen LogP contribution is -2.15. The van der Waals surface area contributed by atoms with Gasteiger partial charge in [-0.2, -0.15) is 0 Å². The van der Waals surface area contributed by atoms with E-state index in [1.807, 2.05) is 23.6 Å². The van der Waals surface area contributed by atoms with E-state index in [0.29, 0.717) is 35.6 Å². The van der Waals surface area contributed by atoms with Crippen molar-refractivity contribution in [3.8, 4) is 34.3 Å². The Morgan fingerprint density at radius 1 is 1.07 bits per heavy atom. The number of fused-ring (bicyclic) bond motifs is 1. The average molecular weight is 395 g/mol. The van der Waals surface area contributed by atoms with Crippen LogP contribution in [0.25, 0.3) is 22.8 Å². The zero-order valence-corrected chi connectivity index (χ0v) is 15.2. The molecule has 9 heteroatoms. The van der Waals surface area contributed by atoms with Gasteiger partial charge in [-0.15, -0.1) is 11.3 Å². The van der Waals surface area contributed by atoms with Crippen molar-refractivity contribution in [1.29, 1.82) is 0 Å². The molecule has 0 fully saturated rings. The van der Waals surface area contributed by atoms with Crippen LogP contribution in [0.3, 0.4) is 0 Å². The first kappa shape index (κ1) is 16.6. The standard InChI is InChI=1S/C19H13N3O5S/c23-18(12-9-17(27-22-12)14-2-1-5-24-14)21-19-20-13(10-28-19)11-3-4-15-16(8-11)26-7-6-25-15/h1-5,8-10H,6-7H2,(H,20,21,23). The summed E-state index contributed by atoms with van der Waals surface area (Å²) in [4.78, 5) is 16.9. The van der Waals surface area contributed by atoms with E-state index < -0.39 is 5.91 Å². The largest absolute Gasteiger partial charge is 0.486 e. The molecule has 4 aromatic rings. The van der Waals surface area contributed by atoms with E-state index in [-0.39, 0.29) is 5.69 Å². The van der Waals surface area contributed by atoms with E-state index >= 15 is 0 Å². The number of thiazole rings is 1. The van der Waals surface area contributed by atoms with Crippen molar-refractivity contribution >= 4 is 22.4 Å². The maximum Gasteiger partial charge on any atom is 0.279 e. The van der Waals surface area contributed by atoms with Crippen LogP contribution in [0, 0.1) is 0 Å². The zero-order chi connectivity index (χ0) is 18.9. The zero-order valence-electron chi connectivity index (χ0n) is 14.4. The lowest BCUT2D eigenvalue weighted by molar-refractivity contribution is 0.101. The van der Waals surface area contributed by atoms with Crippen LogP contribution >= 0.6 is 11.3 Å². The van der Waals surface area contributed by atoms with E-state index in [0.717, 1.165) is 17.0 Å². The second kappa shape index (κ2) is 6.86. The number of hydrogen-bond acceptors (Lipinski definition) is 8. The smallest absolute Gasteiger partial charge is 0.279 e. The van der Waals surface area contributed by atoms with E-state index in [1.165, 1.54) is 23.7 Å². The van der Waals surface area contributed by atoms with Crippen LogP contribution in [0.1, 0.15) is 10.5 Å². The topological polar surface area (TPSA) is 99.6 Å². The molecule has 0 spiro atoms. The second-order valence-corrected chi connectivity index (χ2v) is 6.76. The van der Waals surface area contributed by atoms with Crippen LogP contribution in [0.5, 0.6) is 11.5 Å². The molecule has 0 aliphatic carbocycles. The van der Waals surface area contributed by atoms with Crippen LogP contribution in [0.15, 0.2) is 57.0 Å². The molecule has 1 aliphatic rings. The van der Waals surface area contributed by atoms with Gasteiger partial charge in [-0.05, 0) is 30.3 Å². The fraction of sp³-hybridized carbons (Fsp3) is 0.105. The van der Waals surface area contributed by atoms with Crippen LogP contribution in [0.2, 0.25) is 0 Å². The Hall–Kier alpha value is -3.59. The van der Waals surface area contributed by atoms with Gasteiger partial charge in [0.15, 0.2) is 28.1 Å². The van der Waals surface area contributed by atoms with Gasteiger partial charge in [-0.3, -0.25) is 10.1 Å². The first-order chi connectivity index (χ1) is 13.8. The number of aromatic nitrogens is 2. The quantitative estimate of drug-likeness (QED) is 0.556. The summed E-state index contributed by atoms with van der Waals surface area (Å²) in [5, 5.41) is 8.82. The molecular weight excluding hydrogens is 382 g/mol. The number of carbonyl (C=O) groups excluding carboxylic acids is 1. The lowest BCUT2D eigenvalue weighted by Gasteiger charge is -2.18. The fourth-order valence-corrected chi connectivity index (χ4v) is 3.46. The molecule has 28 heavy (non-hydrogen) atoms. The number of furan rings is 1. The number of nitrogens with zero attached hydrogens (tertiary/aromatic N) is 2. The summed E-state index contributed by atoms with van der Waals surface area (Å²) in [5.41, 5.74) is 1.75. The molecule has 0 saturated carbocycles. The van der Waals surface area contributed by atoms with Crippen molar-refractivity contribution in [3.05, 3.63) is 53.7 Å². The minimum absolute atomic E-state index is 0.141. The molecule has 1 N–H and O–H groups in total. The number of hydrogen-bond donors (Lipinski definition) is 1. The van der Waals surface area contributed by atoms with Gasteiger partial charge in [0.05, 0.1) is 12.0 Å². The predicted molar refractivity (Wildman–Crippen MR) is 101 cm³/mol. The van der Waals surface area contributed by atoms with Gasteiger partial charge in [0, 0.05) is 17.0 Å². The highest BCUT2D eigenvalue weighted by Gasteiger charge is 2.18. The molecule has 8 nitrogen and oxygen atoms in total. The van der Waals surface area contributed by atoms with Gasteiger partial charge in [0.1, 0.15) is 13.2 Å². The maximum absolute atomic E-state index is 12.4. The van der Waals surface area contributed by atoms with Crippen molar-refractivity contribution in [1.82, 2.24) is 10.1 Å². The Labute approximate surface area is 162 Å². The van der Waals surface area contributed by atoms with Gasteiger partial charge >= 0.3 is 0 Å². The Bertz CT molecular complexity index is 1130. The minimum atomic E-state index is -0.412. The number of benzene rings is 1. The second-order valence-electron chi connectivity index (χ2n) is 5.90. The van der Waals surface area contributed by atoms with Gasteiger partial charge in [0.25, 0.3) is 5.91 Å². The average Bonchev–Trinajstić information content (AvgIpc) is 3.48. The highest BCUT2D eigenvalue weighted by Crippen LogP contribution is 2.35. The molecule has 0 atom stereocenters. The third-order valence-corrected chi connectivity index (χ3v) is 4.83. The van der Waals surface area contributed by atoms with Crippen LogP contribution in [-0.2, 0) is 0 Å². The molecule has 5 rings (SSSR count). The van der Waals surface area contributed by atoms with Crippen molar-refractivity contribution in [2.75, 3.05) is 18.5 Å². The van der Waals surface area contributed by atoms with Gasteiger partial charge in [0.2, 0.25) is 5.76 Å². The number of carbonyl (C=O) groups is 1. The molecule has 0 saturated heterocycles. The molecule has 0 radical (unpaired) electrons. The predicted octanol–water partition coefficient (Wildman–Crippen LogP) is 4.08. The molecule has 1 aromatic carbocycles. The Kier molecular flexibility index (Phi) is 4.06. The molecule has 4 heterocycles. The number of anilines is 1. The van der Waals surface area contributed by atoms with Gasteiger partial charge < -0.3 is 18.4 Å². The molecular formula is C19H13N3O5S. The summed E-state index contributed by atoms with van der Waals surface area (Å²) in [6.45, 7) is 1.06. The summed E-state index contributed by atoms with van der Waals surface area (Å²) in [6.07, 6.45) is 1.52. The minimum Gasteiger partial charge on any atom is -0.486 e. The maximum atomic E-state index is 12.4. The van der Waals surface area contributed by atoms with E-state index in [2.05, 4.69) is 15.5 Å². The first-order valence-corrected chi connectivity index (χ1v) is 9.32. The summed E-state index contributed by atoms with van der Waals surface area (Å²) < 4.78 is 21.5. The SMILES string of the molecule is O=C(Nc1nc(-c2ccc3c(c2)OCCO3)cs1)c1cc(-c2ccco2)on1. The van der Waals surface area contributed by atoms with Crippen LogP contribution in [0.4, 0.5) is 5.13 Å². The summed E-state index contributed by atoms with van der Waals surface area (Å²) in [7, 11) is 0. The van der Waals surface area contributed by atoms with Gasteiger partial charge in [-0.25, -0.2) is 4.98 Å². The van der Waals surface area contributed by atoms with E-state index in [1.54, 1.807) is 12.1 Å². The molecule has 3 aromatic heterocycles. The van der Waals surface area contributed by atoms with Crippen LogP contribution < -0.4 is 14.8 Å². The third kappa shape index (κ3) is 3.12. The summed E-state index contributed by atoms with van der Waals surface area (Å²) >= 11 is 1.32. The highest BCUT2D eigenvalue weighted by molar-refractivity contribution is 7.14. The summed E-state index contributed by atoms with van der Waals surface area (Å²) in [5.74, 6) is 1.88. The fourth-order valence-electron chi connectivity index (χ4n) is 2.74. The van der Waals surface area contributed by atoms with Crippen molar-refractivity contribution in [2.45, 2.75) is 0 Å². The lowest BCUT2D eigenvalue weighted by atomic mass is 10.1. The number of nitrogens with one attached hydrogen (secondary N) is 1. The molecule has 0 bridgehead atoms. The summed E-state index contributed by atoms with van der Waals surface area (Å²) in [6, 6.07) is 10.6. The molecule has 0 unspecified atom stereocenters. The Morgan fingerprint density at radius 3 is 2.82 bits per heavy atom. The van der Waals surface area contributed by atoms with E-state index in [9.17, 15) is 4.79 Å². The first-order valence-electron chi connectivity index (χ1n) is 8.44. The molecule has 1 amide bonds. The molecule has 140 valence electrons. The normalized spacial score (nSPS) is 12.7. The van der Waals surface area contributed by atoms with E-state index in [4.69, 9.17) is 18.4 Å². The third-order valence-electron chi connectivity index (χ3n) is 4.07. The Balaban J connectivity index is 1.32. The van der Waals surface area contributed by atoms with Crippen molar-refractivity contribution in [2.24, 2.45) is 0 Å². The number of amides is 1. The number of ether oxygens (including phenoxy) is 2. The monoisotopic (exact) mass is 395 g/mol. The number of rotatable bonds is 4. The Morgan fingerprint density at radius 2 is 1.96 bits per heavy atom.